The van der Waals surface area contributed by atoms with Crippen molar-refractivity contribution in [2.75, 3.05) is 10.6 Å². The summed E-state index contributed by atoms with van der Waals surface area (Å²) in [7, 11) is 1.89. The predicted molar refractivity (Wildman–Crippen MR) is 103 cm³/mol. The number of hydrogen-bond acceptors (Lipinski definition) is 7. The second-order valence-corrected chi connectivity index (χ2v) is 6.17. The lowest BCUT2D eigenvalue weighted by Crippen LogP contribution is -2.02. The highest BCUT2D eigenvalue weighted by Crippen LogP contribution is 2.28. The first-order valence-corrected chi connectivity index (χ1v) is 8.51. The molecule has 4 rings (SSSR count). The van der Waals surface area contributed by atoms with Gasteiger partial charge in [0, 0.05) is 31.7 Å². The van der Waals surface area contributed by atoms with Gasteiger partial charge >= 0.3 is 6.01 Å². The Balaban J connectivity index is 1.53. The molecule has 2 N–H and O–H groups in total. The molecule has 136 valence electrons. The van der Waals surface area contributed by atoms with E-state index in [-0.39, 0.29) is 0 Å². The first-order chi connectivity index (χ1) is 13.2. The highest BCUT2D eigenvalue weighted by molar-refractivity contribution is 5.66. The van der Waals surface area contributed by atoms with E-state index >= 15 is 0 Å². The van der Waals surface area contributed by atoms with Crippen LogP contribution in [0.25, 0.3) is 11.6 Å². The Kier molecular flexibility index (Phi) is 4.52. The third kappa shape index (κ3) is 3.79. The van der Waals surface area contributed by atoms with E-state index in [1.165, 1.54) is 0 Å². The smallest absolute Gasteiger partial charge is 0.320 e. The van der Waals surface area contributed by atoms with Crippen LogP contribution in [0.5, 0.6) is 0 Å². The molecular formula is C19H19N7O. The number of nitrogens with zero attached hydrogens (tertiary/aromatic N) is 5. The van der Waals surface area contributed by atoms with E-state index < -0.39 is 0 Å². The molecule has 0 saturated carbocycles. The topological polar surface area (TPSA) is 93.7 Å². The number of benzene rings is 1. The fourth-order valence-corrected chi connectivity index (χ4v) is 2.71. The third-order valence-electron chi connectivity index (χ3n) is 4.04. The zero-order valence-corrected chi connectivity index (χ0v) is 15.0. The number of hydrogen-bond donors (Lipinski definition) is 2. The lowest BCUT2D eigenvalue weighted by atomic mass is 10.2. The summed E-state index contributed by atoms with van der Waals surface area (Å²) >= 11 is 0. The molecule has 8 heteroatoms. The minimum Gasteiger partial charge on any atom is -0.401 e. The van der Waals surface area contributed by atoms with E-state index in [1.54, 1.807) is 18.7 Å². The summed E-state index contributed by atoms with van der Waals surface area (Å²) in [5, 5.41) is 14.7. The van der Waals surface area contributed by atoms with Gasteiger partial charge in [0.15, 0.2) is 5.82 Å². The summed E-state index contributed by atoms with van der Waals surface area (Å²) in [6.45, 7) is 2.65. The van der Waals surface area contributed by atoms with Gasteiger partial charge in [-0.1, -0.05) is 17.2 Å². The van der Waals surface area contributed by atoms with Crippen molar-refractivity contribution in [2.45, 2.75) is 13.5 Å². The van der Waals surface area contributed by atoms with Crippen LogP contribution in [0, 0.1) is 6.92 Å². The molecule has 0 radical (unpaired) electrons. The average molecular weight is 361 g/mol. The molecule has 0 aliphatic rings. The molecule has 0 spiro atoms. The fraction of sp³-hybridized carbons (Fsp3) is 0.158. The van der Waals surface area contributed by atoms with Crippen LogP contribution < -0.4 is 10.6 Å². The summed E-state index contributed by atoms with van der Waals surface area (Å²) in [5.74, 6) is 1.07. The van der Waals surface area contributed by atoms with Crippen LogP contribution in [0.2, 0.25) is 0 Å². The molecule has 0 aliphatic heterocycles. The number of pyridine rings is 1. The van der Waals surface area contributed by atoms with Gasteiger partial charge < -0.3 is 19.6 Å². The van der Waals surface area contributed by atoms with Crippen LogP contribution in [-0.2, 0) is 13.6 Å². The molecule has 0 bridgehead atoms. The average Bonchev–Trinajstić information content (AvgIpc) is 3.27. The zero-order chi connectivity index (χ0) is 18.6. The monoisotopic (exact) mass is 361 g/mol. The van der Waals surface area contributed by atoms with Crippen molar-refractivity contribution in [3.8, 4) is 11.6 Å². The number of imidazole rings is 1. The van der Waals surface area contributed by atoms with Crippen LogP contribution in [0.1, 0.15) is 11.1 Å². The molecule has 0 saturated heterocycles. The highest BCUT2D eigenvalue weighted by Gasteiger charge is 2.18. The number of aromatic nitrogens is 5. The normalized spacial score (nSPS) is 10.7. The van der Waals surface area contributed by atoms with Gasteiger partial charge in [-0.3, -0.25) is 4.98 Å². The molecule has 0 fully saturated rings. The lowest BCUT2D eigenvalue weighted by molar-refractivity contribution is 0.582. The molecule has 0 aliphatic carbocycles. The Bertz CT molecular complexity index is 1040. The van der Waals surface area contributed by atoms with Gasteiger partial charge in [0.2, 0.25) is 0 Å². The van der Waals surface area contributed by atoms with Crippen molar-refractivity contribution in [3.05, 3.63) is 66.2 Å². The van der Waals surface area contributed by atoms with Gasteiger partial charge in [0.25, 0.3) is 5.89 Å². The molecule has 0 atom stereocenters. The molecule has 8 nitrogen and oxygen atoms in total. The highest BCUT2D eigenvalue weighted by atomic mass is 16.4. The van der Waals surface area contributed by atoms with Crippen molar-refractivity contribution < 1.29 is 4.42 Å². The van der Waals surface area contributed by atoms with Crippen LogP contribution in [0.15, 0.2) is 59.5 Å². The SMILES string of the molecule is Cc1cccc(Nc2nnc(-c3c(NCc4ccncc4)ncn3C)o2)c1. The maximum Gasteiger partial charge on any atom is 0.320 e. The number of aryl methyl sites for hydroxylation is 2. The first kappa shape index (κ1) is 16.8. The van der Waals surface area contributed by atoms with Crippen LogP contribution in [0.3, 0.4) is 0 Å². The van der Waals surface area contributed by atoms with E-state index in [4.69, 9.17) is 4.42 Å². The Hall–Kier alpha value is -3.68. The van der Waals surface area contributed by atoms with Gasteiger partial charge in [-0.15, -0.1) is 5.10 Å². The second-order valence-electron chi connectivity index (χ2n) is 6.17. The Labute approximate surface area is 156 Å². The molecule has 0 amide bonds. The van der Waals surface area contributed by atoms with Gasteiger partial charge in [-0.25, -0.2) is 4.98 Å². The lowest BCUT2D eigenvalue weighted by Gasteiger charge is -2.06. The van der Waals surface area contributed by atoms with Gasteiger partial charge in [0.05, 0.1) is 6.33 Å². The molecule has 0 unspecified atom stereocenters. The standard InChI is InChI=1S/C19H19N7O/c1-13-4-3-5-15(10-13)23-19-25-24-18(27-19)16-17(22-12-26(16)2)21-11-14-6-8-20-9-7-14/h3-10,12,21H,11H2,1-2H3,(H,23,25). The summed E-state index contributed by atoms with van der Waals surface area (Å²) in [5.41, 5.74) is 3.88. The minimum absolute atomic E-state index is 0.330. The summed E-state index contributed by atoms with van der Waals surface area (Å²) in [6, 6.07) is 12.2. The summed E-state index contributed by atoms with van der Waals surface area (Å²) < 4.78 is 7.65. The second kappa shape index (κ2) is 7.28. The largest absolute Gasteiger partial charge is 0.401 e. The third-order valence-corrected chi connectivity index (χ3v) is 4.04. The summed E-state index contributed by atoms with van der Waals surface area (Å²) in [6.07, 6.45) is 5.23. The molecule has 27 heavy (non-hydrogen) atoms. The van der Waals surface area contributed by atoms with Crippen molar-refractivity contribution in [1.82, 2.24) is 24.7 Å². The van der Waals surface area contributed by atoms with E-state index in [1.807, 2.05) is 54.9 Å². The fourth-order valence-electron chi connectivity index (χ4n) is 2.71. The predicted octanol–water partition coefficient (Wildman–Crippen LogP) is 3.53. The number of nitrogens with one attached hydrogen (secondary N) is 2. The zero-order valence-electron chi connectivity index (χ0n) is 15.0. The Morgan fingerprint density at radius 2 is 1.96 bits per heavy atom. The Morgan fingerprint density at radius 1 is 1.11 bits per heavy atom. The van der Waals surface area contributed by atoms with Gasteiger partial charge in [0.1, 0.15) is 5.69 Å². The van der Waals surface area contributed by atoms with Crippen LogP contribution >= 0.6 is 0 Å². The van der Waals surface area contributed by atoms with E-state index in [9.17, 15) is 0 Å². The van der Waals surface area contributed by atoms with Crippen LogP contribution in [-0.4, -0.2) is 24.7 Å². The maximum atomic E-state index is 5.80. The Morgan fingerprint density at radius 3 is 2.78 bits per heavy atom. The van der Waals surface area contributed by atoms with Crippen molar-refractivity contribution in [2.24, 2.45) is 7.05 Å². The summed E-state index contributed by atoms with van der Waals surface area (Å²) in [4.78, 5) is 8.42. The van der Waals surface area contributed by atoms with Crippen molar-refractivity contribution in [3.63, 3.8) is 0 Å². The van der Waals surface area contributed by atoms with Gasteiger partial charge in [-0.2, -0.15) is 0 Å². The van der Waals surface area contributed by atoms with Crippen LogP contribution in [0.4, 0.5) is 17.5 Å². The minimum atomic E-state index is 0.330. The molecule has 3 heterocycles. The molecule has 3 aromatic heterocycles. The van der Waals surface area contributed by atoms with E-state index in [0.717, 1.165) is 22.5 Å². The quantitative estimate of drug-likeness (QED) is 0.542. The maximum absolute atomic E-state index is 5.80. The molecular weight excluding hydrogens is 342 g/mol. The number of anilines is 3. The van der Waals surface area contributed by atoms with E-state index in [2.05, 4.69) is 30.8 Å². The molecule has 4 aromatic rings. The first-order valence-electron chi connectivity index (χ1n) is 8.51. The van der Waals surface area contributed by atoms with Gasteiger partial charge in [-0.05, 0) is 42.3 Å². The van der Waals surface area contributed by atoms with E-state index in [0.29, 0.717) is 24.3 Å². The van der Waals surface area contributed by atoms with Crippen molar-refractivity contribution >= 4 is 17.5 Å². The number of rotatable bonds is 6. The molecule has 1 aromatic carbocycles. The van der Waals surface area contributed by atoms with Crippen molar-refractivity contribution in [1.29, 1.82) is 0 Å².